The first kappa shape index (κ1) is 18.1. The van der Waals surface area contributed by atoms with Gasteiger partial charge < -0.3 is 4.90 Å². The lowest BCUT2D eigenvalue weighted by Crippen LogP contribution is -2.39. The van der Waals surface area contributed by atoms with Crippen molar-refractivity contribution >= 4 is 28.8 Å². The Hall–Kier alpha value is -2.32. The van der Waals surface area contributed by atoms with Crippen LogP contribution in [0, 0.1) is 5.82 Å². The zero-order valence-electron chi connectivity index (χ0n) is 14.4. The Kier molecular flexibility index (Phi) is 5.18. The Morgan fingerprint density at radius 3 is 3.04 bits per heavy atom. The number of tetrazole rings is 1. The Bertz CT molecular complexity index is 945. The van der Waals surface area contributed by atoms with Crippen molar-refractivity contribution in [2.45, 2.75) is 31.8 Å². The normalized spacial score (nSPS) is 16.8. The van der Waals surface area contributed by atoms with E-state index >= 15 is 0 Å². The molecule has 0 radical (unpaired) electrons. The fraction of sp³-hybridized carbons (Fsp3) is 0.333. The molecule has 3 aromatic rings. The van der Waals surface area contributed by atoms with Crippen LogP contribution < -0.4 is 0 Å². The predicted molar refractivity (Wildman–Crippen MR) is 101 cm³/mol. The standard InChI is InChI=1S/C18H17ClFN5OS/c19-15-10-13(20)6-5-12(15)9-17(26)24-7-1-3-14(24)11-25-22-18(21-23-25)16-4-2-8-27-16/h2,4-6,8,10,14H,1,3,7,9,11H2/t14-/m0/s1. The van der Waals surface area contributed by atoms with Gasteiger partial charge in [-0.1, -0.05) is 23.7 Å². The van der Waals surface area contributed by atoms with Gasteiger partial charge in [-0.05, 0) is 47.2 Å². The monoisotopic (exact) mass is 405 g/mol. The maximum atomic E-state index is 13.2. The van der Waals surface area contributed by atoms with E-state index in [0.29, 0.717) is 24.5 Å². The number of likely N-dealkylation sites (tertiary alicyclic amines) is 1. The number of aromatic nitrogens is 4. The van der Waals surface area contributed by atoms with Crippen molar-refractivity contribution in [2.75, 3.05) is 6.54 Å². The second kappa shape index (κ2) is 7.74. The summed E-state index contributed by atoms with van der Waals surface area (Å²) in [6.45, 7) is 1.19. The van der Waals surface area contributed by atoms with E-state index in [1.165, 1.54) is 12.1 Å². The molecule has 0 spiro atoms. The summed E-state index contributed by atoms with van der Waals surface area (Å²) in [5, 5.41) is 14.9. The van der Waals surface area contributed by atoms with E-state index in [2.05, 4.69) is 15.4 Å². The second-order valence-electron chi connectivity index (χ2n) is 6.44. The molecule has 140 valence electrons. The number of amides is 1. The van der Waals surface area contributed by atoms with Crippen molar-refractivity contribution in [1.82, 2.24) is 25.1 Å². The van der Waals surface area contributed by atoms with Crippen molar-refractivity contribution in [3.8, 4) is 10.7 Å². The molecule has 0 N–H and O–H groups in total. The van der Waals surface area contributed by atoms with Crippen LogP contribution in [0.1, 0.15) is 18.4 Å². The molecule has 4 rings (SSSR count). The lowest BCUT2D eigenvalue weighted by atomic mass is 10.1. The van der Waals surface area contributed by atoms with Crippen LogP contribution in [-0.2, 0) is 17.8 Å². The van der Waals surface area contributed by atoms with E-state index in [0.717, 1.165) is 17.7 Å². The second-order valence-corrected chi connectivity index (χ2v) is 7.80. The first-order valence-electron chi connectivity index (χ1n) is 8.65. The quantitative estimate of drug-likeness (QED) is 0.652. The fourth-order valence-electron chi connectivity index (χ4n) is 3.30. The molecule has 3 heterocycles. The summed E-state index contributed by atoms with van der Waals surface area (Å²) in [5.41, 5.74) is 0.632. The maximum Gasteiger partial charge on any atom is 0.227 e. The summed E-state index contributed by atoms with van der Waals surface area (Å²) in [6.07, 6.45) is 1.97. The van der Waals surface area contributed by atoms with Gasteiger partial charge in [0.2, 0.25) is 11.7 Å². The average Bonchev–Trinajstić information content (AvgIpc) is 3.38. The number of hydrogen-bond acceptors (Lipinski definition) is 5. The number of benzene rings is 1. The van der Waals surface area contributed by atoms with Crippen LogP contribution in [0.5, 0.6) is 0 Å². The molecule has 1 atom stereocenters. The van der Waals surface area contributed by atoms with Crippen LogP contribution in [0.3, 0.4) is 0 Å². The highest BCUT2D eigenvalue weighted by molar-refractivity contribution is 7.13. The van der Waals surface area contributed by atoms with Crippen LogP contribution in [0.4, 0.5) is 4.39 Å². The van der Waals surface area contributed by atoms with Crippen molar-refractivity contribution in [2.24, 2.45) is 0 Å². The third-order valence-corrected chi connectivity index (χ3v) is 5.84. The van der Waals surface area contributed by atoms with E-state index in [9.17, 15) is 9.18 Å². The SMILES string of the molecule is O=C(Cc1ccc(F)cc1Cl)N1CCC[C@H]1Cn1nnc(-c2cccs2)n1. The number of hydrogen-bond donors (Lipinski definition) is 0. The maximum absolute atomic E-state index is 13.2. The average molecular weight is 406 g/mol. The molecule has 1 saturated heterocycles. The van der Waals surface area contributed by atoms with Crippen molar-refractivity contribution in [1.29, 1.82) is 0 Å². The number of carbonyl (C=O) groups excluding carboxylic acids is 1. The summed E-state index contributed by atoms with van der Waals surface area (Å²) in [4.78, 5) is 17.1. The molecule has 1 aliphatic heterocycles. The lowest BCUT2D eigenvalue weighted by molar-refractivity contribution is -0.131. The van der Waals surface area contributed by atoms with Crippen LogP contribution in [0.2, 0.25) is 5.02 Å². The van der Waals surface area contributed by atoms with Gasteiger partial charge in [-0.15, -0.1) is 21.5 Å². The number of rotatable bonds is 5. The highest BCUT2D eigenvalue weighted by Gasteiger charge is 2.30. The number of carbonyl (C=O) groups is 1. The van der Waals surface area contributed by atoms with E-state index in [4.69, 9.17) is 11.6 Å². The number of halogens is 2. The van der Waals surface area contributed by atoms with E-state index in [1.807, 2.05) is 22.4 Å². The van der Waals surface area contributed by atoms with Gasteiger partial charge in [-0.2, -0.15) is 4.80 Å². The van der Waals surface area contributed by atoms with Crippen molar-refractivity contribution in [3.05, 3.63) is 52.1 Å². The first-order chi connectivity index (χ1) is 13.1. The predicted octanol–water partition coefficient (Wildman–Crippen LogP) is 3.43. The van der Waals surface area contributed by atoms with Gasteiger partial charge in [0.25, 0.3) is 0 Å². The molecule has 1 aliphatic rings. The molecule has 27 heavy (non-hydrogen) atoms. The molecule has 0 aliphatic carbocycles. The van der Waals surface area contributed by atoms with Crippen LogP contribution in [0.25, 0.3) is 10.7 Å². The molecule has 0 bridgehead atoms. The molecule has 1 fully saturated rings. The van der Waals surface area contributed by atoms with Crippen LogP contribution >= 0.6 is 22.9 Å². The summed E-state index contributed by atoms with van der Waals surface area (Å²) in [5.74, 6) is 0.164. The van der Waals surface area contributed by atoms with Crippen molar-refractivity contribution < 1.29 is 9.18 Å². The van der Waals surface area contributed by atoms with E-state index in [-0.39, 0.29) is 23.4 Å². The minimum absolute atomic E-state index is 0.0158. The Balaban J connectivity index is 1.43. The third-order valence-electron chi connectivity index (χ3n) is 4.62. The highest BCUT2D eigenvalue weighted by atomic mass is 35.5. The molecule has 6 nitrogen and oxygen atoms in total. The summed E-state index contributed by atoms with van der Waals surface area (Å²) in [7, 11) is 0. The molecule has 0 saturated carbocycles. The van der Waals surface area contributed by atoms with Gasteiger partial charge in [-0.3, -0.25) is 4.79 Å². The first-order valence-corrected chi connectivity index (χ1v) is 9.91. The Morgan fingerprint density at radius 2 is 2.26 bits per heavy atom. The summed E-state index contributed by atoms with van der Waals surface area (Å²) >= 11 is 7.61. The Morgan fingerprint density at radius 1 is 1.37 bits per heavy atom. The lowest BCUT2D eigenvalue weighted by Gasteiger charge is -2.24. The topological polar surface area (TPSA) is 63.9 Å². The smallest absolute Gasteiger partial charge is 0.227 e. The summed E-state index contributed by atoms with van der Waals surface area (Å²) < 4.78 is 13.2. The van der Waals surface area contributed by atoms with Gasteiger partial charge in [0, 0.05) is 11.6 Å². The van der Waals surface area contributed by atoms with E-state index < -0.39 is 5.82 Å². The molecule has 1 amide bonds. The molecular formula is C18H17ClFN5OS. The number of nitrogens with zero attached hydrogens (tertiary/aromatic N) is 5. The molecule has 1 aromatic carbocycles. The van der Waals surface area contributed by atoms with Gasteiger partial charge in [0.05, 0.1) is 23.9 Å². The zero-order valence-corrected chi connectivity index (χ0v) is 16.0. The minimum atomic E-state index is -0.408. The molecular weight excluding hydrogens is 389 g/mol. The Labute approximate surface area is 164 Å². The van der Waals surface area contributed by atoms with Crippen LogP contribution in [0.15, 0.2) is 35.7 Å². The molecule has 2 aromatic heterocycles. The van der Waals surface area contributed by atoms with Gasteiger partial charge >= 0.3 is 0 Å². The largest absolute Gasteiger partial charge is 0.337 e. The summed E-state index contributed by atoms with van der Waals surface area (Å²) in [6, 6.07) is 8.02. The molecule has 0 unspecified atom stereocenters. The molecule has 9 heteroatoms. The van der Waals surface area contributed by atoms with Gasteiger partial charge in [0.15, 0.2) is 0 Å². The highest BCUT2D eigenvalue weighted by Crippen LogP contribution is 2.24. The van der Waals surface area contributed by atoms with Crippen molar-refractivity contribution in [3.63, 3.8) is 0 Å². The zero-order chi connectivity index (χ0) is 18.8. The minimum Gasteiger partial charge on any atom is -0.337 e. The van der Waals surface area contributed by atoms with E-state index in [1.54, 1.807) is 22.2 Å². The van der Waals surface area contributed by atoms with Crippen LogP contribution in [-0.4, -0.2) is 43.6 Å². The third kappa shape index (κ3) is 4.01. The van der Waals surface area contributed by atoms with Gasteiger partial charge in [-0.25, -0.2) is 4.39 Å². The number of thiophene rings is 1. The van der Waals surface area contributed by atoms with Gasteiger partial charge in [0.1, 0.15) is 5.82 Å². The fourth-order valence-corrected chi connectivity index (χ4v) is 4.18.